The molecule has 3 heterocycles. The average Bonchev–Trinajstić information content (AvgIpc) is 3.24. The predicted octanol–water partition coefficient (Wildman–Crippen LogP) is 2.07. The lowest BCUT2D eigenvalue weighted by atomic mass is 10.1. The van der Waals surface area contributed by atoms with Gasteiger partial charge in [0.1, 0.15) is 5.69 Å². The fourth-order valence-corrected chi connectivity index (χ4v) is 3.15. The largest absolute Gasteiger partial charge is 0.335 e. The van der Waals surface area contributed by atoms with E-state index in [1.165, 1.54) is 0 Å². The highest BCUT2D eigenvalue weighted by molar-refractivity contribution is 5.95. The molecule has 7 heteroatoms. The molecule has 3 aromatic rings. The van der Waals surface area contributed by atoms with E-state index >= 15 is 0 Å². The van der Waals surface area contributed by atoms with E-state index < -0.39 is 0 Å². The van der Waals surface area contributed by atoms with Gasteiger partial charge in [0.2, 0.25) is 0 Å². The van der Waals surface area contributed by atoms with Gasteiger partial charge in [-0.3, -0.25) is 19.7 Å². The van der Waals surface area contributed by atoms with Crippen LogP contribution < -0.4 is 0 Å². The molecule has 7 nitrogen and oxygen atoms in total. The van der Waals surface area contributed by atoms with Gasteiger partial charge in [-0.05, 0) is 30.3 Å². The van der Waals surface area contributed by atoms with Crippen LogP contribution in [0.1, 0.15) is 20.8 Å². The molecule has 0 saturated carbocycles. The fraction of sp³-hybridized carbons (Fsp3) is 0.200. The average molecular weight is 361 g/mol. The number of aromatic amines is 1. The lowest BCUT2D eigenvalue weighted by Crippen LogP contribution is -2.50. The van der Waals surface area contributed by atoms with E-state index in [0.717, 1.165) is 5.56 Å². The van der Waals surface area contributed by atoms with Gasteiger partial charge >= 0.3 is 0 Å². The van der Waals surface area contributed by atoms with Crippen LogP contribution >= 0.6 is 0 Å². The van der Waals surface area contributed by atoms with E-state index in [1.807, 2.05) is 42.5 Å². The number of carbonyl (C=O) groups is 2. The maximum Gasteiger partial charge on any atom is 0.272 e. The third-order valence-electron chi connectivity index (χ3n) is 4.66. The van der Waals surface area contributed by atoms with Crippen molar-refractivity contribution >= 4 is 11.8 Å². The maximum atomic E-state index is 12.7. The molecule has 27 heavy (non-hydrogen) atoms. The number of nitrogens with zero attached hydrogens (tertiary/aromatic N) is 4. The first-order valence-electron chi connectivity index (χ1n) is 8.82. The second kappa shape index (κ2) is 7.41. The molecule has 1 N–H and O–H groups in total. The highest BCUT2D eigenvalue weighted by Gasteiger charge is 2.26. The minimum atomic E-state index is -0.102. The molecule has 0 spiro atoms. The van der Waals surface area contributed by atoms with Crippen molar-refractivity contribution in [2.45, 2.75) is 0 Å². The number of hydrogen-bond acceptors (Lipinski definition) is 4. The summed E-state index contributed by atoms with van der Waals surface area (Å²) in [7, 11) is 0. The molecule has 2 aromatic heterocycles. The number of pyridine rings is 1. The highest BCUT2D eigenvalue weighted by atomic mass is 16.2. The molecule has 1 fully saturated rings. The van der Waals surface area contributed by atoms with Gasteiger partial charge in [0.25, 0.3) is 11.8 Å². The van der Waals surface area contributed by atoms with Gasteiger partial charge in [-0.15, -0.1) is 0 Å². The summed E-state index contributed by atoms with van der Waals surface area (Å²) in [5.74, 6) is -0.0983. The van der Waals surface area contributed by atoms with E-state index in [4.69, 9.17) is 0 Å². The number of piperazine rings is 1. The van der Waals surface area contributed by atoms with Crippen molar-refractivity contribution in [3.05, 3.63) is 72.2 Å². The maximum absolute atomic E-state index is 12.7. The van der Waals surface area contributed by atoms with Gasteiger partial charge in [0, 0.05) is 49.7 Å². The SMILES string of the molecule is O=C(c1ccccc1)N1CCN(C(=O)c2cc(-c3ccncc3)n[nH]2)CC1. The summed E-state index contributed by atoms with van der Waals surface area (Å²) in [4.78, 5) is 32.8. The van der Waals surface area contributed by atoms with Gasteiger partial charge in [-0.25, -0.2) is 0 Å². The molecule has 0 aliphatic carbocycles. The Kier molecular flexibility index (Phi) is 4.65. The van der Waals surface area contributed by atoms with Gasteiger partial charge < -0.3 is 9.80 Å². The predicted molar refractivity (Wildman–Crippen MR) is 100 cm³/mol. The lowest BCUT2D eigenvalue weighted by Gasteiger charge is -2.34. The summed E-state index contributed by atoms with van der Waals surface area (Å²) >= 11 is 0. The first kappa shape index (κ1) is 17.0. The molecule has 0 bridgehead atoms. The number of nitrogens with one attached hydrogen (secondary N) is 1. The van der Waals surface area contributed by atoms with E-state index in [-0.39, 0.29) is 11.8 Å². The number of aromatic nitrogens is 3. The van der Waals surface area contributed by atoms with Crippen LogP contribution in [0.15, 0.2) is 60.9 Å². The molecule has 1 aromatic carbocycles. The Labute approximate surface area is 156 Å². The van der Waals surface area contributed by atoms with Crippen LogP contribution in [-0.2, 0) is 0 Å². The van der Waals surface area contributed by atoms with Crippen LogP contribution in [0.3, 0.4) is 0 Å². The zero-order valence-corrected chi connectivity index (χ0v) is 14.7. The number of benzene rings is 1. The zero-order valence-electron chi connectivity index (χ0n) is 14.7. The van der Waals surface area contributed by atoms with Crippen molar-refractivity contribution in [3.63, 3.8) is 0 Å². The molecule has 2 amide bonds. The number of rotatable bonds is 3. The number of hydrogen-bond donors (Lipinski definition) is 1. The topological polar surface area (TPSA) is 82.2 Å². The first-order chi connectivity index (χ1) is 13.2. The number of carbonyl (C=O) groups excluding carboxylic acids is 2. The second-order valence-electron chi connectivity index (χ2n) is 6.35. The Balaban J connectivity index is 1.39. The molecule has 1 saturated heterocycles. The zero-order chi connectivity index (χ0) is 18.6. The molecule has 136 valence electrons. The van der Waals surface area contributed by atoms with Crippen LogP contribution in [0, 0.1) is 0 Å². The minimum absolute atomic E-state index is 0.00390. The number of amides is 2. The van der Waals surface area contributed by atoms with Gasteiger partial charge in [0.15, 0.2) is 0 Å². The highest BCUT2D eigenvalue weighted by Crippen LogP contribution is 2.18. The van der Waals surface area contributed by atoms with E-state index in [0.29, 0.717) is 43.1 Å². The summed E-state index contributed by atoms with van der Waals surface area (Å²) in [5.41, 5.74) is 2.73. The fourth-order valence-electron chi connectivity index (χ4n) is 3.15. The van der Waals surface area contributed by atoms with Gasteiger partial charge in [0.05, 0.1) is 5.69 Å². The van der Waals surface area contributed by atoms with Crippen molar-refractivity contribution in [1.82, 2.24) is 25.0 Å². The van der Waals surface area contributed by atoms with Crippen molar-refractivity contribution in [3.8, 4) is 11.3 Å². The minimum Gasteiger partial charge on any atom is -0.335 e. The number of H-pyrrole nitrogens is 1. The van der Waals surface area contributed by atoms with E-state index in [9.17, 15) is 9.59 Å². The third-order valence-corrected chi connectivity index (χ3v) is 4.66. The molecular formula is C20H19N5O2. The van der Waals surface area contributed by atoms with Crippen LogP contribution in [0.2, 0.25) is 0 Å². The monoisotopic (exact) mass is 361 g/mol. The van der Waals surface area contributed by atoms with Crippen molar-refractivity contribution in [1.29, 1.82) is 0 Å². The normalized spacial score (nSPS) is 14.2. The Hall–Kier alpha value is -3.48. The summed E-state index contributed by atoms with van der Waals surface area (Å²) in [6, 6.07) is 14.7. The van der Waals surface area contributed by atoms with E-state index in [2.05, 4.69) is 15.2 Å². The summed E-state index contributed by atoms with van der Waals surface area (Å²) in [5, 5.41) is 7.04. The van der Waals surface area contributed by atoms with Gasteiger partial charge in [-0.1, -0.05) is 18.2 Å². The summed E-state index contributed by atoms with van der Waals surface area (Å²) in [6.45, 7) is 2.04. The molecule has 0 unspecified atom stereocenters. The molecule has 1 aliphatic heterocycles. The summed E-state index contributed by atoms with van der Waals surface area (Å²) in [6.07, 6.45) is 3.38. The quantitative estimate of drug-likeness (QED) is 0.774. The third kappa shape index (κ3) is 3.57. The molecule has 0 atom stereocenters. The van der Waals surface area contributed by atoms with Crippen LogP contribution in [0.5, 0.6) is 0 Å². The Bertz CT molecular complexity index is 931. The van der Waals surface area contributed by atoms with Crippen molar-refractivity contribution in [2.75, 3.05) is 26.2 Å². The Morgan fingerprint density at radius 3 is 2.15 bits per heavy atom. The van der Waals surface area contributed by atoms with Crippen LogP contribution in [-0.4, -0.2) is 63.0 Å². The first-order valence-corrected chi connectivity index (χ1v) is 8.82. The smallest absolute Gasteiger partial charge is 0.272 e. The Morgan fingerprint density at radius 1 is 0.852 bits per heavy atom. The molecule has 0 radical (unpaired) electrons. The van der Waals surface area contributed by atoms with Crippen LogP contribution in [0.4, 0.5) is 0 Å². The molecule has 4 rings (SSSR count). The second-order valence-corrected chi connectivity index (χ2v) is 6.35. The molecular weight excluding hydrogens is 342 g/mol. The van der Waals surface area contributed by atoms with E-state index in [1.54, 1.807) is 28.3 Å². The summed E-state index contributed by atoms with van der Waals surface area (Å²) < 4.78 is 0. The lowest BCUT2D eigenvalue weighted by molar-refractivity contribution is 0.0532. The molecule has 1 aliphatic rings. The van der Waals surface area contributed by atoms with Crippen molar-refractivity contribution in [2.24, 2.45) is 0 Å². The standard InChI is InChI=1S/C20H19N5O2/c26-19(16-4-2-1-3-5-16)24-10-12-25(13-11-24)20(27)18-14-17(22-23-18)15-6-8-21-9-7-15/h1-9,14H,10-13H2,(H,22,23). The van der Waals surface area contributed by atoms with Gasteiger partial charge in [-0.2, -0.15) is 5.10 Å². The van der Waals surface area contributed by atoms with Crippen LogP contribution in [0.25, 0.3) is 11.3 Å². The van der Waals surface area contributed by atoms with Crippen molar-refractivity contribution < 1.29 is 9.59 Å². The Morgan fingerprint density at radius 2 is 1.48 bits per heavy atom.